The predicted molar refractivity (Wildman–Crippen MR) is 151 cm³/mol. The van der Waals surface area contributed by atoms with Crippen molar-refractivity contribution in [3.8, 4) is 0 Å². The van der Waals surface area contributed by atoms with E-state index in [0.717, 1.165) is 50.9 Å². The highest BCUT2D eigenvalue weighted by molar-refractivity contribution is 5.66. The Morgan fingerprint density at radius 3 is 1.75 bits per heavy atom. The smallest absolute Gasteiger partial charge is 0.303 e. The summed E-state index contributed by atoms with van der Waals surface area (Å²) in [5.74, 6) is 1.37. The van der Waals surface area contributed by atoms with E-state index in [2.05, 4.69) is 38.2 Å². The van der Waals surface area contributed by atoms with Gasteiger partial charge in [0.2, 0.25) is 0 Å². The lowest BCUT2D eigenvalue weighted by Gasteiger charge is -2.38. The molecule has 0 amide bonds. The second-order valence-corrected chi connectivity index (χ2v) is 11.0. The molecule has 0 aliphatic heterocycles. The van der Waals surface area contributed by atoms with Crippen molar-refractivity contribution in [1.82, 2.24) is 0 Å². The summed E-state index contributed by atoms with van der Waals surface area (Å²) in [7, 11) is 0. The first-order chi connectivity index (χ1) is 17.5. The Balaban J connectivity index is 2.55. The normalized spacial score (nSPS) is 21.8. The van der Waals surface area contributed by atoms with E-state index >= 15 is 0 Å². The zero-order valence-corrected chi connectivity index (χ0v) is 23.5. The van der Waals surface area contributed by atoms with Crippen molar-refractivity contribution in [3.63, 3.8) is 0 Å². The maximum absolute atomic E-state index is 10.7. The Hall–Kier alpha value is -1.58. The van der Waals surface area contributed by atoms with Crippen LogP contribution in [0.1, 0.15) is 142 Å². The first-order valence-electron chi connectivity index (χ1n) is 15.3. The van der Waals surface area contributed by atoms with E-state index < -0.39 is 11.9 Å². The molecule has 0 fully saturated rings. The third kappa shape index (κ3) is 15.5. The summed E-state index contributed by atoms with van der Waals surface area (Å²) in [5.41, 5.74) is 0. The first kappa shape index (κ1) is 32.4. The quantitative estimate of drug-likeness (QED) is 0.107. The number of unbranched alkanes of at least 4 members (excludes halogenated alkanes) is 12. The second kappa shape index (κ2) is 21.5. The Kier molecular flexibility index (Phi) is 19.4. The highest BCUT2D eigenvalue weighted by Gasteiger charge is 2.32. The molecule has 4 heteroatoms. The standard InChI is InChI=1S/C32H56O4/c1-3-5-6-15-20-27-25-26-28(21-16-11-10-14-19-24-32(35)36)30(29(27)4-2)22-17-12-8-7-9-13-18-23-31(33)34/h17,22,25-30H,3-16,18-21,23-24H2,1-2H3,(H,33,34)(H,35,36)/b22-17+. The summed E-state index contributed by atoms with van der Waals surface area (Å²) in [5, 5.41) is 17.6. The minimum absolute atomic E-state index is 0.302. The monoisotopic (exact) mass is 504 g/mol. The van der Waals surface area contributed by atoms with Crippen molar-refractivity contribution in [2.75, 3.05) is 0 Å². The van der Waals surface area contributed by atoms with Gasteiger partial charge in [0, 0.05) is 12.8 Å². The van der Waals surface area contributed by atoms with Crippen LogP contribution in [0.5, 0.6) is 0 Å². The minimum Gasteiger partial charge on any atom is -0.481 e. The number of carboxylic acid groups (broad SMARTS) is 2. The zero-order valence-electron chi connectivity index (χ0n) is 23.5. The summed E-state index contributed by atoms with van der Waals surface area (Å²) >= 11 is 0. The van der Waals surface area contributed by atoms with Gasteiger partial charge in [-0.05, 0) is 62.2 Å². The number of carboxylic acids is 2. The lowest BCUT2D eigenvalue weighted by molar-refractivity contribution is -0.138. The van der Waals surface area contributed by atoms with E-state index in [4.69, 9.17) is 10.2 Å². The third-order valence-electron chi connectivity index (χ3n) is 8.05. The highest BCUT2D eigenvalue weighted by Crippen LogP contribution is 2.42. The average Bonchev–Trinajstić information content (AvgIpc) is 2.85. The summed E-state index contributed by atoms with van der Waals surface area (Å²) in [4.78, 5) is 21.3. The van der Waals surface area contributed by atoms with Crippen LogP contribution in [0.25, 0.3) is 0 Å². The van der Waals surface area contributed by atoms with Gasteiger partial charge in [0.1, 0.15) is 0 Å². The summed E-state index contributed by atoms with van der Waals surface area (Å²) < 4.78 is 0. The van der Waals surface area contributed by atoms with Gasteiger partial charge in [0.05, 0.1) is 0 Å². The molecule has 0 saturated carbocycles. The van der Waals surface area contributed by atoms with Gasteiger partial charge in [0.25, 0.3) is 0 Å². The number of hydrogen-bond acceptors (Lipinski definition) is 2. The van der Waals surface area contributed by atoms with Crippen molar-refractivity contribution in [3.05, 3.63) is 24.3 Å². The molecule has 0 bridgehead atoms. The van der Waals surface area contributed by atoms with Gasteiger partial charge in [-0.2, -0.15) is 0 Å². The van der Waals surface area contributed by atoms with E-state index in [1.165, 1.54) is 70.6 Å². The maximum atomic E-state index is 10.7. The van der Waals surface area contributed by atoms with Gasteiger partial charge in [-0.25, -0.2) is 0 Å². The Labute approximate surface area is 222 Å². The molecule has 4 unspecified atom stereocenters. The van der Waals surface area contributed by atoms with Crippen LogP contribution in [-0.2, 0) is 9.59 Å². The predicted octanol–water partition coefficient (Wildman–Crippen LogP) is 9.59. The number of aliphatic carboxylic acids is 2. The Morgan fingerprint density at radius 1 is 0.667 bits per heavy atom. The van der Waals surface area contributed by atoms with Crippen LogP contribution in [0.2, 0.25) is 0 Å². The molecule has 0 aromatic rings. The molecule has 4 nitrogen and oxygen atoms in total. The SMILES string of the molecule is CCCCCCC1C=CC(CCCCCCCC(=O)O)C(/C=C/CCCCCCCC(=O)O)C1CC. The van der Waals surface area contributed by atoms with Crippen LogP contribution in [-0.4, -0.2) is 22.2 Å². The minimum atomic E-state index is -0.679. The van der Waals surface area contributed by atoms with Crippen LogP contribution in [0.15, 0.2) is 24.3 Å². The van der Waals surface area contributed by atoms with Crippen molar-refractivity contribution < 1.29 is 19.8 Å². The van der Waals surface area contributed by atoms with E-state index in [0.29, 0.717) is 30.6 Å². The average molecular weight is 505 g/mol. The van der Waals surface area contributed by atoms with Gasteiger partial charge < -0.3 is 10.2 Å². The molecule has 2 N–H and O–H groups in total. The lowest BCUT2D eigenvalue weighted by Crippen LogP contribution is -2.30. The van der Waals surface area contributed by atoms with Gasteiger partial charge in [-0.1, -0.05) is 115 Å². The van der Waals surface area contributed by atoms with Crippen LogP contribution in [0.3, 0.4) is 0 Å². The largest absolute Gasteiger partial charge is 0.481 e. The second-order valence-electron chi connectivity index (χ2n) is 11.0. The lowest BCUT2D eigenvalue weighted by atomic mass is 9.66. The van der Waals surface area contributed by atoms with Crippen LogP contribution in [0, 0.1) is 23.7 Å². The highest BCUT2D eigenvalue weighted by atomic mass is 16.4. The van der Waals surface area contributed by atoms with Gasteiger partial charge in [-0.3, -0.25) is 9.59 Å². The van der Waals surface area contributed by atoms with Crippen LogP contribution < -0.4 is 0 Å². The van der Waals surface area contributed by atoms with Gasteiger partial charge >= 0.3 is 11.9 Å². The fraction of sp³-hybridized carbons (Fsp3) is 0.812. The van der Waals surface area contributed by atoms with Gasteiger partial charge in [0.15, 0.2) is 0 Å². The molecule has 1 aliphatic carbocycles. The van der Waals surface area contributed by atoms with Crippen molar-refractivity contribution in [2.45, 2.75) is 142 Å². The molecule has 0 aromatic heterocycles. The van der Waals surface area contributed by atoms with Crippen LogP contribution in [0.4, 0.5) is 0 Å². The van der Waals surface area contributed by atoms with Crippen molar-refractivity contribution in [2.24, 2.45) is 23.7 Å². The summed E-state index contributed by atoms with van der Waals surface area (Å²) in [6.07, 6.45) is 31.8. The Morgan fingerprint density at radius 2 is 1.17 bits per heavy atom. The van der Waals surface area contributed by atoms with Crippen molar-refractivity contribution >= 4 is 11.9 Å². The van der Waals surface area contributed by atoms with E-state index in [-0.39, 0.29) is 0 Å². The number of carbonyl (C=O) groups is 2. The molecule has 0 heterocycles. The van der Waals surface area contributed by atoms with E-state index in [1.807, 2.05) is 0 Å². The van der Waals surface area contributed by atoms with Crippen molar-refractivity contribution in [1.29, 1.82) is 0 Å². The molecule has 0 saturated heterocycles. The zero-order chi connectivity index (χ0) is 26.4. The van der Waals surface area contributed by atoms with Gasteiger partial charge in [-0.15, -0.1) is 0 Å². The summed E-state index contributed by atoms with van der Waals surface area (Å²) in [6, 6.07) is 0. The number of rotatable bonds is 23. The number of allylic oxidation sites excluding steroid dienone is 4. The molecular formula is C32H56O4. The molecule has 4 atom stereocenters. The molecule has 0 radical (unpaired) electrons. The number of hydrogen-bond donors (Lipinski definition) is 2. The summed E-state index contributed by atoms with van der Waals surface area (Å²) in [6.45, 7) is 4.66. The first-order valence-corrected chi connectivity index (χ1v) is 15.3. The fourth-order valence-electron chi connectivity index (χ4n) is 5.93. The molecule has 0 aromatic carbocycles. The topological polar surface area (TPSA) is 74.6 Å². The molecule has 1 rings (SSSR count). The Bertz CT molecular complexity index is 624. The van der Waals surface area contributed by atoms with E-state index in [9.17, 15) is 9.59 Å². The molecule has 0 spiro atoms. The maximum Gasteiger partial charge on any atom is 0.303 e. The molecule has 36 heavy (non-hydrogen) atoms. The third-order valence-corrected chi connectivity index (χ3v) is 8.05. The molecular weight excluding hydrogens is 448 g/mol. The van der Waals surface area contributed by atoms with E-state index in [1.54, 1.807) is 0 Å². The fourth-order valence-corrected chi connectivity index (χ4v) is 5.93. The molecule has 1 aliphatic rings. The molecule has 208 valence electrons. The van der Waals surface area contributed by atoms with Crippen LogP contribution >= 0.6 is 0 Å².